The lowest BCUT2D eigenvalue weighted by Crippen LogP contribution is -2.34. The highest BCUT2D eigenvalue weighted by atomic mass is 16.4. The summed E-state index contributed by atoms with van der Waals surface area (Å²) in [7, 11) is 1.58. The molecule has 2 unspecified atom stereocenters. The molecule has 18 heavy (non-hydrogen) atoms. The van der Waals surface area contributed by atoms with Crippen LogP contribution in [0.4, 0.5) is 10.7 Å². The molecule has 9 nitrogen and oxygen atoms in total. The minimum Gasteiger partial charge on any atom is -0.481 e. The number of carboxylic acids is 1. The van der Waals surface area contributed by atoms with E-state index in [1.807, 2.05) is 6.92 Å². The van der Waals surface area contributed by atoms with E-state index in [0.717, 1.165) is 0 Å². The van der Waals surface area contributed by atoms with Crippen molar-refractivity contribution in [3.63, 3.8) is 0 Å². The van der Waals surface area contributed by atoms with E-state index >= 15 is 0 Å². The normalized spacial score (nSPS) is 23.1. The Morgan fingerprint density at radius 1 is 1.44 bits per heavy atom. The number of nitrogens with one attached hydrogen (secondary N) is 1. The van der Waals surface area contributed by atoms with Crippen molar-refractivity contribution in [3.8, 4) is 0 Å². The maximum atomic E-state index is 11.8. The SMILES string of the molecule is CC1CN(C(=O)Nc2nnn(C)n2)CC1C(=O)O. The maximum Gasteiger partial charge on any atom is 0.324 e. The molecule has 1 aromatic heterocycles. The average Bonchev–Trinajstić information content (AvgIpc) is 2.85. The van der Waals surface area contributed by atoms with Gasteiger partial charge >= 0.3 is 12.0 Å². The van der Waals surface area contributed by atoms with Crippen LogP contribution in [0.5, 0.6) is 0 Å². The number of hydrogen-bond donors (Lipinski definition) is 2. The van der Waals surface area contributed by atoms with Crippen molar-refractivity contribution < 1.29 is 14.7 Å². The Kier molecular flexibility index (Phi) is 3.13. The molecule has 2 amide bonds. The van der Waals surface area contributed by atoms with E-state index in [-0.39, 0.29) is 18.4 Å². The summed E-state index contributed by atoms with van der Waals surface area (Å²) in [5.74, 6) is -1.36. The molecule has 0 spiro atoms. The number of tetrazole rings is 1. The van der Waals surface area contributed by atoms with Crippen molar-refractivity contribution in [2.24, 2.45) is 18.9 Å². The summed E-state index contributed by atoms with van der Waals surface area (Å²) < 4.78 is 0. The molecule has 2 atom stereocenters. The van der Waals surface area contributed by atoms with Crippen LogP contribution < -0.4 is 5.32 Å². The monoisotopic (exact) mass is 254 g/mol. The molecule has 9 heteroatoms. The summed E-state index contributed by atoms with van der Waals surface area (Å²) in [6.45, 7) is 2.41. The quantitative estimate of drug-likeness (QED) is 0.728. The van der Waals surface area contributed by atoms with E-state index in [1.165, 1.54) is 9.70 Å². The minimum atomic E-state index is -0.879. The van der Waals surface area contributed by atoms with Crippen molar-refractivity contribution in [2.75, 3.05) is 18.4 Å². The molecule has 2 heterocycles. The zero-order valence-electron chi connectivity index (χ0n) is 10.1. The summed E-state index contributed by atoms with van der Waals surface area (Å²) in [5, 5.41) is 22.5. The Morgan fingerprint density at radius 2 is 2.17 bits per heavy atom. The topological polar surface area (TPSA) is 113 Å². The molecule has 0 saturated carbocycles. The Labute approximate surface area is 103 Å². The van der Waals surface area contributed by atoms with Gasteiger partial charge in [-0.25, -0.2) is 4.79 Å². The number of aromatic nitrogens is 4. The first-order valence-electron chi connectivity index (χ1n) is 5.50. The average molecular weight is 254 g/mol. The molecule has 1 aliphatic heterocycles. The van der Waals surface area contributed by atoms with Crippen molar-refractivity contribution in [1.29, 1.82) is 0 Å². The second-order valence-electron chi connectivity index (χ2n) is 4.36. The second-order valence-corrected chi connectivity index (χ2v) is 4.36. The highest BCUT2D eigenvalue weighted by Crippen LogP contribution is 2.23. The predicted octanol–water partition coefficient (Wildman–Crippen LogP) is -0.606. The van der Waals surface area contributed by atoms with Crippen LogP contribution >= 0.6 is 0 Å². The Balaban J connectivity index is 1.97. The molecule has 1 saturated heterocycles. The van der Waals surface area contributed by atoms with Gasteiger partial charge in [0.2, 0.25) is 0 Å². The second kappa shape index (κ2) is 4.59. The first-order valence-corrected chi connectivity index (χ1v) is 5.50. The Bertz CT molecular complexity index is 473. The lowest BCUT2D eigenvalue weighted by Gasteiger charge is -2.14. The molecule has 0 aliphatic carbocycles. The highest BCUT2D eigenvalue weighted by molar-refractivity contribution is 5.88. The number of nitrogens with zero attached hydrogens (tertiary/aromatic N) is 5. The van der Waals surface area contributed by atoms with Gasteiger partial charge in [0.1, 0.15) is 0 Å². The van der Waals surface area contributed by atoms with Crippen LogP contribution in [-0.4, -0.2) is 55.3 Å². The van der Waals surface area contributed by atoms with Gasteiger partial charge in [-0.05, 0) is 11.1 Å². The zero-order valence-corrected chi connectivity index (χ0v) is 10.1. The number of urea groups is 1. The first-order chi connectivity index (χ1) is 8.47. The largest absolute Gasteiger partial charge is 0.481 e. The maximum absolute atomic E-state index is 11.8. The van der Waals surface area contributed by atoms with E-state index in [2.05, 4.69) is 20.7 Å². The summed E-state index contributed by atoms with van der Waals surface area (Å²) in [4.78, 5) is 25.5. The van der Waals surface area contributed by atoms with Gasteiger partial charge in [0, 0.05) is 13.1 Å². The van der Waals surface area contributed by atoms with E-state index in [1.54, 1.807) is 7.05 Å². The number of carbonyl (C=O) groups is 2. The summed E-state index contributed by atoms with van der Waals surface area (Å²) >= 11 is 0. The van der Waals surface area contributed by atoms with E-state index in [0.29, 0.717) is 6.54 Å². The van der Waals surface area contributed by atoms with Crippen molar-refractivity contribution in [2.45, 2.75) is 6.92 Å². The van der Waals surface area contributed by atoms with Gasteiger partial charge < -0.3 is 10.0 Å². The molecule has 1 aromatic rings. The van der Waals surface area contributed by atoms with E-state index < -0.39 is 17.9 Å². The van der Waals surface area contributed by atoms with Gasteiger partial charge in [-0.3, -0.25) is 10.1 Å². The van der Waals surface area contributed by atoms with E-state index in [9.17, 15) is 9.59 Å². The number of anilines is 1. The van der Waals surface area contributed by atoms with Gasteiger partial charge in [-0.15, -0.1) is 5.10 Å². The van der Waals surface area contributed by atoms with Crippen molar-refractivity contribution in [3.05, 3.63) is 0 Å². The third-order valence-corrected chi connectivity index (χ3v) is 2.94. The number of hydrogen-bond acceptors (Lipinski definition) is 5. The fourth-order valence-corrected chi connectivity index (χ4v) is 1.96. The highest BCUT2D eigenvalue weighted by Gasteiger charge is 2.37. The van der Waals surface area contributed by atoms with Crippen LogP contribution in [0.3, 0.4) is 0 Å². The van der Waals surface area contributed by atoms with Gasteiger partial charge in [-0.2, -0.15) is 4.80 Å². The molecule has 2 N–H and O–H groups in total. The summed E-state index contributed by atoms with van der Waals surface area (Å²) in [5.41, 5.74) is 0. The number of aliphatic carboxylic acids is 1. The lowest BCUT2D eigenvalue weighted by molar-refractivity contribution is -0.142. The van der Waals surface area contributed by atoms with Crippen LogP contribution in [0.15, 0.2) is 0 Å². The molecule has 1 aliphatic rings. The third kappa shape index (κ3) is 2.39. The van der Waals surface area contributed by atoms with Gasteiger partial charge in [0.15, 0.2) is 0 Å². The van der Waals surface area contributed by atoms with Crippen LogP contribution in [0, 0.1) is 11.8 Å². The standard InChI is InChI=1S/C9H14N6O3/c1-5-3-15(4-6(5)7(16)17)9(18)10-8-11-13-14(2)12-8/h5-6H,3-4H2,1-2H3,(H,16,17)(H,10,12,18). The molecular formula is C9H14N6O3. The fraction of sp³-hybridized carbons (Fsp3) is 0.667. The summed E-state index contributed by atoms with van der Waals surface area (Å²) in [6.07, 6.45) is 0. The first kappa shape index (κ1) is 12.3. The predicted molar refractivity (Wildman–Crippen MR) is 59.7 cm³/mol. The van der Waals surface area contributed by atoms with Crippen LogP contribution in [0.1, 0.15) is 6.92 Å². The molecular weight excluding hydrogens is 240 g/mol. The molecule has 0 aromatic carbocycles. The number of amides is 2. The molecule has 98 valence electrons. The van der Waals surface area contributed by atoms with Gasteiger partial charge in [0.05, 0.1) is 13.0 Å². The zero-order chi connectivity index (χ0) is 13.3. The number of aryl methyl sites for hydroxylation is 1. The van der Waals surface area contributed by atoms with Crippen LogP contribution in [0.2, 0.25) is 0 Å². The Morgan fingerprint density at radius 3 is 2.67 bits per heavy atom. The number of rotatable bonds is 2. The Hall–Kier alpha value is -2.19. The minimum absolute atomic E-state index is 0.0666. The fourth-order valence-electron chi connectivity index (χ4n) is 1.96. The number of likely N-dealkylation sites (tertiary alicyclic amines) is 1. The van der Waals surface area contributed by atoms with Crippen molar-refractivity contribution in [1.82, 2.24) is 25.1 Å². The van der Waals surface area contributed by atoms with Crippen LogP contribution in [-0.2, 0) is 11.8 Å². The van der Waals surface area contributed by atoms with Crippen molar-refractivity contribution >= 4 is 17.9 Å². The third-order valence-electron chi connectivity index (χ3n) is 2.94. The van der Waals surface area contributed by atoms with Crippen LogP contribution in [0.25, 0.3) is 0 Å². The van der Waals surface area contributed by atoms with Gasteiger partial charge in [0.25, 0.3) is 5.95 Å². The molecule has 0 radical (unpaired) electrons. The van der Waals surface area contributed by atoms with Gasteiger partial charge in [-0.1, -0.05) is 12.0 Å². The summed E-state index contributed by atoms with van der Waals surface area (Å²) in [6, 6.07) is -0.404. The molecule has 1 fully saturated rings. The number of carbonyl (C=O) groups excluding carboxylic acids is 1. The molecule has 2 rings (SSSR count). The lowest BCUT2D eigenvalue weighted by atomic mass is 9.99. The smallest absolute Gasteiger partial charge is 0.324 e. The molecule has 0 bridgehead atoms. The van der Waals surface area contributed by atoms with E-state index in [4.69, 9.17) is 5.11 Å². The number of carboxylic acid groups (broad SMARTS) is 1.